The van der Waals surface area contributed by atoms with Crippen LogP contribution in [0.4, 0.5) is 4.39 Å². The maximum Gasteiger partial charge on any atom is 0.291 e. The van der Waals surface area contributed by atoms with Crippen molar-refractivity contribution in [3.8, 4) is 0 Å². The second-order valence-electron chi connectivity index (χ2n) is 9.70. The molecule has 3 aromatic rings. The Hall–Kier alpha value is -3.22. The van der Waals surface area contributed by atoms with Gasteiger partial charge in [0, 0.05) is 11.6 Å². The van der Waals surface area contributed by atoms with E-state index in [0.717, 1.165) is 31.2 Å². The molecule has 2 heterocycles. The van der Waals surface area contributed by atoms with Crippen molar-refractivity contribution in [2.45, 2.75) is 64.2 Å². The van der Waals surface area contributed by atoms with Gasteiger partial charge in [0.2, 0.25) is 5.91 Å². The van der Waals surface area contributed by atoms with E-state index >= 15 is 0 Å². The Morgan fingerprint density at radius 1 is 1.12 bits per heavy atom. The molecule has 7 heteroatoms. The number of amides is 2. The smallest absolute Gasteiger partial charge is 0.291 e. The van der Waals surface area contributed by atoms with E-state index < -0.39 is 11.4 Å². The molecule has 172 valence electrons. The molecule has 1 aliphatic heterocycles. The Bertz CT molecular complexity index is 1210. The fourth-order valence-corrected chi connectivity index (χ4v) is 5.12. The molecule has 0 bridgehead atoms. The molecule has 0 unspecified atom stereocenters. The molecule has 0 saturated heterocycles. The minimum atomic E-state index is -1.18. The van der Waals surface area contributed by atoms with Crippen LogP contribution in [0.2, 0.25) is 0 Å². The summed E-state index contributed by atoms with van der Waals surface area (Å²) in [5.41, 5.74) is 0.717. The number of carbonyl (C=O) groups is 2. The molecule has 2 amide bonds. The van der Waals surface area contributed by atoms with Gasteiger partial charge in [-0.3, -0.25) is 9.59 Å². The van der Waals surface area contributed by atoms with Crippen LogP contribution in [-0.2, 0) is 17.9 Å². The zero-order valence-electron chi connectivity index (χ0n) is 19.1. The lowest BCUT2D eigenvalue weighted by atomic mass is 9.86. The average molecular weight is 449 g/mol. The predicted octanol–water partition coefficient (Wildman–Crippen LogP) is 4.29. The van der Waals surface area contributed by atoms with Gasteiger partial charge in [0.1, 0.15) is 11.4 Å². The van der Waals surface area contributed by atoms with Crippen LogP contribution < -0.4 is 5.32 Å². The van der Waals surface area contributed by atoms with Crippen molar-refractivity contribution < 1.29 is 14.0 Å². The summed E-state index contributed by atoms with van der Waals surface area (Å²) in [5, 5.41) is 3.21. The molecule has 33 heavy (non-hydrogen) atoms. The number of carbonyl (C=O) groups excluding carboxylic acids is 2. The Kier molecular flexibility index (Phi) is 5.43. The molecule has 1 fully saturated rings. The lowest BCUT2D eigenvalue weighted by Gasteiger charge is -2.44. The van der Waals surface area contributed by atoms with Crippen molar-refractivity contribution in [1.29, 1.82) is 0 Å². The van der Waals surface area contributed by atoms with Gasteiger partial charge in [0.15, 0.2) is 5.82 Å². The Morgan fingerprint density at radius 2 is 1.82 bits per heavy atom. The summed E-state index contributed by atoms with van der Waals surface area (Å²) in [6, 6.07) is 14.0. The van der Waals surface area contributed by atoms with Gasteiger partial charge in [-0.2, -0.15) is 0 Å². The van der Waals surface area contributed by atoms with E-state index in [4.69, 9.17) is 0 Å². The molecule has 2 aromatic carbocycles. The first-order chi connectivity index (χ1) is 15.9. The van der Waals surface area contributed by atoms with Crippen molar-refractivity contribution in [3.05, 3.63) is 65.7 Å². The molecule has 1 aromatic heterocycles. The van der Waals surface area contributed by atoms with Gasteiger partial charge in [0.25, 0.3) is 5.91 Å². The first-order valence-electron chi connectivity index (χ1n) is 11.7. The molecule has 1 atom stereocenters. The number of para-hydroxylation sites is 2. The number of halogens is 1. The van der Waals surface area contributed by atoms with E-state index in [0.29, 0.717) is 17.0 Å². The van der Waals surface area contributed by atoms with Crippen LogP contribution in [0.15, 0.2) is 48.5 Å². The summed E-state index contributed by atoms with van der Waals surface area (Å²) < 4.78 is 16.4. The van der Waals surface area contributed by atoms with Crippen molar-refractivity contribution >= 4 is 22.8 Å². The molecular weight excluding hydrogens is 419 g/mol. The summed E-state index contributed by atoms with van der Waals surface area (Å²) in [5.74, 6) is -0.00840. The van der Waals surface area contributed by atoms with Crippen LogP contribution in [0.5, 0.6) is 0 Å². The second kappa shape index (κ2) is 8.28. The number of benzene rings is 2. The molecule has 2 aliphatic rings. The summed E-state index contributed by atoms with van der Waals surface area (Å²) >= 11 is 0. The summed E-state index contributed by atoms with van der Waals surface area (Å²) in [7, 11) is 0. The maximum absolute atomic E-state index is 14.5. The largest absolute Gasteiger partial charge is 0.351 e. The van der Waals surface area contributed by atoms with Gasteiger partial charge < -0.3 is 14.8 Å². The van der Waals surface area contributed by atoms with E-state index in [9.17, 15) is 14.0 Å². The average Bonchev–Trinajstić information content (AvgIpc) is 3.18. The number of hydrogen-bond acceptors (Lipinski definition) is 3. The van der Waals surface area contributed by atoms with E-state index in [1.807, 2.05) is 28.8 Å². The third kappa shape index (κ3) is 3.79. The van der Waals surface area contributed by atoms with Gasteiger partial charge in [-0.05, 0) is 56.7 Å². The van der Waals surface area contributed by atoms with E-state index in [1.165, 1.54) is 11.0 Å². The van der Waals surface area contributed by atoms with Gasteiger partial charge in [-0.1, -0.05) is 37.3 Å². The van der Waals surface area contributed by atoms with E-state index in [2.05, 4.69) is 17.2 Å². The minimum absolute atomic E-state index is 0.000330. The monoisotopic (exact) mass is 448 g/mol. The number of fused-ring (bicyclic) bond motifs is 3. The zero-order chi connectivity index (χ0) is 23.2. The van der Waals surface area contributed by atoms with Gasteiger partial charge in [0.05, 0.1) is 24.1 Å². The highest BCUT2D eigenvalue weighted by Gasteiger charge is 2.49. The van der Waals surface area contributed by atoms with Crippen LogP contribution >= 0.6 is 0 Å². The molecular formula is C26H29FN4O2. The lowest BCUT2D eigenvalue weighted by Crippen LogP contribution is -2.64. The van der Waals surface area contributed by atoms with Crippen molar-refractivity contribution in [2.24, 2.45) is 5.92 Å². The highest BCUT2D eigenvalue weighted by Crippen LogP contribution is 2.33. The third-order valence-corrected chi connectivity index (χ3v) is 7.28. The Labute approximate surface area is 192 Å². The van der Waals surface area contributed by atoms with Gasteiger partial charge >= 0.3 is 0 Å². The topological polar surface area (TPSA) is 67.2 Å². The van der Waals surface area contributed by atoms with Gasteiger partial charge in [-0.25, -0.2) is 9.37 Å². The van der Waals surface area contributed by atoms with E-state index in [-0.39, 0.29) is 36.8 Å². The highest BCUT2D eigenvalue weighted by atomic mass is 19.1. The number of nitrogens with zero attached hydrogens (tertiary/aromatic N) is 3. The van der Waals surface area contributed by atoms with Crippen molar-refractivity contribution in [1.82, 2.24) is 19.8 Å². The van der Waals surface area contributed by atoms with Crippen LogP contribution in [0, 0.1) is 11.7 Å². The molecule has 0 radical (unpaired) electrons. The predicted molar refractivity (Wildman–Crippen MR) is 124 cm³/mol. The highest BCUT2D eigenvalue weighted by molar-refractivity contribution is 6.01. The number of imidazole rings is 1. The SMILES string of the molecule is CC1CCC(NC(=O)[C@]2(C)Cn3c(nc4ccccc43)C(=O)N2Cc2ccccc2F)CC1. The fourth-order valence-electron chi connectivity index (χ4n) is 5.12. The van der Waals surface area contributed by atoms with Crippen LogP contribution in [-0.4, -0.2) is 37.8 Å². The normalized spacial score (nSPS) is 25.2. The molecule has 0 spiro atoms. The number of nitrogens with one attached hydrogen (secondary N) is 1. The molecule has 6 nitrogen and oxygen atoms in total. The Balaban J connectivity index is 1.54. The zero-order valence-corrected chi connectivity index (χ0v) is 19.1. The number of hydrogen-bond donors (Lipinski definition) is 1. The standard InChI is InChI=1S/C26H29FN4O2/c1-17-11-13-19(14-12-17)28-25(33)26(2)16-30-22-10-6-5-9-21(22)29-23(30)24(32)31(26)15-18-7-3-4-8-20(18)27/h3-10,17,19H,11-16H2,1-2H3,(H,28,33)/t17?,19?,26-/m0/s1. The first-order valence-corrected chi connectivity index (χ1v) is 11.7. The van der Waals surface area contributed by atoms with Crippen molar-refractivity contribution in [2.75, 3.05) is 0 Å². The molecule has 1 N–H and O–H groups in total. The molecule has 5 rings (SSSR count). The maximum atomic E-state index is 14.5. The van der Waals surface area contributed by atoms with Crippen LogP contribution in [0.25, 0.3) is 11.0 Å². The number of rotatable bonds is 4. The minimum Gasteiger partial charge on any atom is -0.351 e. The second-order valence-corrected chi connectivity index (χ2v) is 9.70. The third-order valence-electron chi connectivity index (χ3n) is 7.28. The summed E-state index contributed by atoms with van der Waals surface area (Å²) in [6.07, 6.45) is 4.03. The van der Waals surface area contributed by atoms with Crippen LogP contribution in [0.1, 0.15) is 55.7 Å². The van der Waals surface area contributed by atoms with E-state index in [1.54, 1.807) is 25.1 Å². The Morgan fingerprint density at radius 3 is 2.58 bits per heavy atom. The number of aromatic nitrogens is 2. The van der Waals surface area contributed by atoms with Crippen LogP contribution in [0.3, 0.4) is 0 Å². The molecule has 1 saturated carbocycles. The first kappa shape index (κ1) is 21.6. The summed E-state index contributed by atoms with van der Waals surface area (Å²) in [4.78, 5) is 33.5. The lowest BCUT2D eigenvalue weighted by molar-refractivity contribution is -0.134. The molecule has 1 aliphatic carbocycles. The van der Waals surface area contributed by atoms with Gasteiger partial charge in [-0.15, -0.1) is 0 Å². The summed E-state index contributed by atoms with van der Waals surface area (Å²) in [6.45, 7) is 4.28. The quantitative estimate of drug-likeness (QED) is 0.648. The van der Waals surface area contributed by atoms with Crippen molar-refractivity contribution in [3.63, 3.8) is 0 Å². The fraction of sp³-hybridized carbons (Fsp3) is 0.423.